The van der Waals surface area contributed by atoms with Crippen LogP contribution in [0.25, 0.3) is 0 Å². The number of hydrogen-bond acceptors (Lipinski definition) is 7. The number of nitrogens with one attached hydrogen (secondary N) is 2. The molecule has 0 spiro atoms. The minimum atomic E-state index is -0.0531. The summed E-state index contributed by atoms with van der Waals surface area (Å²) in [4.78, 5) is 29.5. The zero-order chi connectivity index (χ0) is 18.7. The Morgan fingerprint density at radius 3 is 1.80 bits per heavy atom. The summed E-state index contributed by atoms with van der Waals surface area (Å²) in [7, 11) is 0. The van der Waals surface area contributed by atoms with Crippen molar-refractivity contribution in [2.75, 3.05) is 41.4 Å². The largest absolute Gasteiger partial charge is 0.341 e. The summed E-state index contributed by atoms with van der Waals surface area (Å²) in [5.41, 5.74) is 5.53. The van der Waals surface area contributed by atoms with E-state index in [0.29, 0.717) is 24.3 Å². The van der Waals surface area contributed by atoms with Gasteiger partial charge in [-0.1, -0.05) is 19.8 Å². The number of hydrogen-bond donors (Lipinski definition) is 2. The highest BCUT2D eigenvalue weighted by Gasteiger charge is 2.14. The van der Waals surface area contributed by atoms with Crippen molar-refractivity contribution in [3.05, 3.63) is 0 Å². The fraction of sp³-hybridized carbons (Fsp3) is 0.765. The van der Waals surface area contributed by atoms with E-state index >= 15 is 0 Å². The number of carbonyl (C=O) groups is 1. The maximum Gasteiger partial charge on any atom is 0.248 e. The second-order valence-electron chi connectivity index (χ2n) is 5.73. The molecule has 142 valence electrons. The van der Waals surface area contributed by atoms with E-state index in [-0.39, 0.29) is 5.91 Å². The molecule has 0 aliphatic carbocycles. The maximum absolute atomic E-state index is 11.9. The molecule has 0 aliphatic heterocycles. The van der Waals surface area contributed by atoms with Gasteiger partial charge in [-0.2, -0.15) is 15.0 Å². The van der Waals surface area contributed by atoms with Gasteiger partial charge in [-0.05, 0) is 34.1 Å². The van der Waals surface area contributed by atoms with Gasteiger partial charge >= 0.3 is 0 Å². The molecule has 25 heavy (non-hydrogen) atoms. The van der Waals surface area contributed by atoms with Crippen molar-refractivity contribution in [3.63, 3.8) is 0 Å². The number of amides is 1. The van der Waals surface area contributed by atoms with Gasteiger partial charge in [0, 0.05) is 32.6 Å². The standard InChI is InChI=1S/C17H33N7O/c1-6-11-12-13-14(25)21-22-15-18-16(23(7-2)8-3)20-17(19-15)24(9-4)10-5/h6-13H2,1-5H3,(H,21,25)(H,18,19,20,22). The van der Waals surface area contributed by atoms with E-state index < -0.39 is 0 Å². The molecule has 1 amide bonds. The molecule has 0 radical (unpaired) electrons. The first kappa shape index (κ1) is 20.9. The molecule has 1 rings (SSSR count). The highest BCUT2D eigenvalue weighted by atomic mass is 16.2. The second kappa shape index (κ2) is 11.4. The summed E-state index contributed by atoms with van der Waals surface area (Å²) in [6.45, 7) is 13.6. The fourth-order valence-electron chi connectivity index (χ4n) is 2.43. The molecule has 0 bridgehead atoms. The number of anilines is 3. The number of carbonyl (C=O) groups excluding carboxylic acids is 1. The van der Waals surface area contributed by atoms with Gasteiger partial charge in [-0.3, -0.25) is 15.6 Å². The quantitative estimate of drug-likeness (QED) is 0.442. The highest BCUT2D eigenvalue weighted by molar-refractivity contribution is 5.76. The van der Waals surface area contributed by atoms with E-state index in [9.17, 15) is 4.79 Å². The van der Waals surface area contributed by atoms with Crippen LogP contribution in [0.1, 0.15) is 60.3 Å². The molecule has 8 heteroatoms. The molecule has 0 fully saturated rings. The molecule has 0 aliphatic rings. The summed E-state index contributed by atoms with van der Waals surface area (Å²) in [5, 5.41) is 0. The minimum absolute atomic E-state index is 0.0531. The molecule has 0 saturated carbocycles. The topological polar surface area (TPSA) is 86.3 Å². The second-order valence-corrected chi connectivity index (χ2v) is 5.73. The average Bonchev–Trinajstić information content (AvgIpc) is 2.62. The maximum atomic E-state index is 11.9. The highest BCUT2D eigenvalue weighted by Crippen LogP contribution is 2.16. The van der Waals surface area contributed by atoms with Gasteiger partial charge in [0.15, 0.2) is 0 Å². The fourth-order valence-corrected chi connectivity index (χ4v) is 2.43. The molecule has 0 saturated heterocycles. The minimum Gasteiger partial charge on any atom is -0.341 e. The van der Waals surface area contributed by atoms with Gasteiger partial charge in [-0.25, -0.2) is 0 Å². The van der Waals surface area contributed by atoms with Crippen LogP contribution in [0.5, 0.6) is 0 Å². The first-order chi connectivity index (χ1) is 12.1. The molecular formula is C17H33N7O. The normalized spacial score (nSPS) is 10.4. The van der Waals surface area contributed by atoms with E-state index in [0.717, 1.165) is 45.4 Å². The third kappa shape index (κ3) is 6.72. The zero-order valence-electron chi connectivity index (χ0n) is 16.3. The smallest absolute Gasteiger partial charge is 0.248 e. The Bertz CT molecular complexity index is 485. The van der Waals surface area contributed by atoms with Crippen LogP contribution in [0.3, 0.4) is 0 Å². The third-order valence-electron chi connectivity index (χ3n) is 4.03. The van der Waals surface area contributed by atoms with Crippen LogP contribution in [0, 0.1) is 0 Å². The van der Waals surface area contributed by atoms with Crippen molar-refractivity contribution < 1.29 is 4.79 Å². The van der Waals surface area contributed by atoms with Gasteiger partial charge in [-0.15, -0.1) is 0 Å². The summed E-state index contributed by atoms with van der Waals surface area (Å²) in [6, 6.07) is 0. The molecule has 1 heterocycles. The number of nitrogens with zero attached hydrogens (tertiary/aromatic N) is 5. The van der Waals surface area contributed by atoms with E-state index in [1.54, 1.807) is 0 Å². The van der Waals surface area contributed by atoms with E-state index in [1.165, 1.54) is 0 Å². The monoisotopic (exact) mass is 351 g/mol. The third-order valence-corrected chi connectivity index (χ3v) is 4.03. The molecule has 1 aromatic heterocycles. The van der Waals surface area contributed by atoms with Gasteiger partial charge in [0.1, 0.15) is 0 Å². The summed E-state index contributed by atoms with van der Waals surface area (Å²) < 4.78 is 0. The molecule has 0 atom stereocenters. The zero-order valence-corrected chi connectivity index (χ0v) is 16.3. The van der Waals surface area contributed by atoms with Crippen LogP contribution in [-0.4, -0.2) is 47.0 Å². The lowest BCUT2D eigenvalue weighted by molar-refractivity contribution is -0.120. The van der Waals surface area contributed by atoms with Crippen molar-refractivity contribution >= 4 is 23.8 Å². The predicted molar refractivity (Wildman–Crippen MR) is 103 cm³/mol. The predicted octanol–water partition coefficient (Wildman–Crippen LogP) is 2.59. The van der Waals surface area contributed by atoms with Crippen molar-refractivity contribution in [1.82, 2.24) is 20.4 Å². The van der Waals surface area contributed by atoms with Crippen molar-refractivity contribution in [1.29, 1.82) is 0 Å². The van der Waals surface area contributed by atoms with Gasteiger partial charge in [0.25, 0.3) is 0 Å². The first-order valence-electron chi connectivity index (χ1n) is 9.40. The Morgan fingerprint density at radius 1 is 0.840 bits per heavy atom. The summed E-state index contributed by atoms with van der Waals surface area (Å²) >= 11 is 0. The van der Waals surface area contributed by atoms with Crippen LogP contribution in [0.15, 0.2) is 0 Å². The van der Waals surface area contributed by atoms with Gasteiger partial charge < -0.3 is 9.80 Å². The Kier molecular flexibility index (Phi) is 9.57. The number of hydrazine groups is 1. The number of unbranched alkanes of at least 4 members (excludes halogenated alkanes) is 2. The molecule has 2 N–H and O–H groups in total. The van der Waals surface area contributed by atoms with Crippen LogP contribution >= 0.6 is 0 Å². The number of aromatic nitrogens is 3. The summed E-state index contributed by atoms with van der Waals surface area (Å²) in [5.74, 6) is 1.54. The van der Waals surface area contributed by atoms with Gasteiger partial charge in [0.05, 0.1) is 0 Å². The summed E-state index contributed by atoms with van der Waals surface area (Å²) in [6.07, 6.45) is 3.53. The lowest BCUT2D eigenvalue weighted by Crippen LogP contribution is -2.33. The van der Waals surface area contributed by atoms with Crippen molar-refractivity contribution in [2.45, 2.75) is 60.3 Å². The average molecular weight is 351 g/mol. The van der Waals surface area contributed by atoms with E-state index in [2.05, 4.69) is 70.2 Å². The van der Waals surface area contributed by atoms with Crippen LogP contribution in [0.2, 0.25) is 0 Å². The molecule has 0 aromatic carbocycles. The van der Waals surface area contributed by atoms with Gasteiger partial charge in [0.2, 0.25) is 23.8 Å². The van der Waals surface area contributed by atoms with E-state index in [1.807, 2.05) is 0 Å². The van der Waals surface area contributed by atoms with Crippen LogP contribution in [0.4, 0.5) is 17.8 Å². The number of rotatable bonds is 12. The first-order valence-corrected chi connectivity index (χ1v) is 9.40. The Morgan fingerprint density at radius 2 is 1.36 bits per heavy atom. The molecule has 0 unspecified atom stereocenters. The van der Waals surface area contributed by atoms with Crippen molar-refractivity contribution in [2.24, 2.45) is 0 Å². The molecule has 1 aromatic rings. The Balaban J connectivity index is 2.90. The Labute approximate surface area is 151 Å². The molecular weight excluding hydrogens is 318 g/mol. The lowest BCUT2D eigenvalue weighted by atomic mass is 10.2. The SMILES string of the molecule is CCCCCC(=O)NNc1nc(N(CC)CC)nc(N(CC)CC)n1. The molecule has 8 nitrogen and oxygen atoms in total. The van der Waals surface area contributed by atoms with E-state index in [4.69, 9.17) is 0 Å². The van der Waals surface area contributed by atoms with Crippen LogP contribution < -0.4 is 20.7 Å². The van der Waals surface area contributed by atoms with Crippen LogP contribution in [-0.2, 0) is 4.79 Å². The lowest BCUT2D eigenvalue weighted by Gasteiger charge is -2.23. The Hall–Kier alpha value is -2.12. The van der Waals surface area contributed by atoms with Crippen molar-refractivity contribution in [3.8, 4) is 0 Å².